The van der Waals surface area contributed by atoms with Crippen molar-refractivity contribution in [1.82, 2.24) is 15.4 Å². The van der Waals surface area contributed by atoms with Crippen LogP contribution in [0.1, 0.15) is 31.9 Å². The van der Waals surface area contributed by atoms with E-state index in [9.17, 15) is 4.79 Å². The second-order valence-corrected chi connectivity index (χ2v) is 5.95. The molecule has 0 saturated carbocycles. The number of nitrogens with one attached hydrogen (secondary N) is 1. The van der Waals surface area contributed by atoms with Crippen molar-refractivity contribution in [1.29, 1.82) is 0 Å². The van der Waals surface area contributed by atoms with Gasteiger partial charge in [-0.25, -0.2) is 9.97 Å². The Morgan fingerprint density at radius 1 is 1.27 bits per heavy atom. The molecule has 0 spiro atoms. The summed E-state index contributed by atoms with van der Waals surface area (Å²) in [4.78, 5) is 21.8. The van der Waals surface area contributed by atoms with Crippen molar-refractivity contribution in [3.8, 4) is 0 Å². The van der Waals surface area contributed by atoms with Gasteiger partial charge in [-0.3, -0.25) is 9.80 Å². The van der Waals surface area contributed by atoms with E-state index in [1.807, 2.05) is 18.0 Å². The number of Topliss-reactive ketones (excluding diaryl/α,β-unsaturated/α-hetero) is 1. The fraction of sp³-hybridized carbons (Fsp3) is 0.312. The monoisotopic (exact) mass is 314 g/mol. The third kappa shape index (κ3) is 1.96. The van der Waals surface area contributed by atoms with Crippen LogP contribution in [-0.4, -0.2) is 22.3 Å². The second-order valence-electron chi connectivity index (χ2n) is 5.52. The molecule has 2 heterocycles. The van der Waals surface area contributed by atoms with Gasteiger partial charge in [0, 0.05) is 23.7 Å². The van der Waals surface area contributed by atoms with Gasteiger partial charge < -0.3 is 5.43 Å². The quantitative estimate of drug-likeness (QED) is 0.876. The summed E-state index contributed by atoms with van der Waals surface area (Å²) in [6.45, 7) is 2.78. The van der Waals surface area contributed by atoms with E-state index in [2.05, 4.69) is 5.43 Å². The minimum atomic E-state index is 0.140. The number of rotatable bonds is 1. The number of fused-ring (bicyclic) bond motifs is 3. The number of carbonyl (C=O) groups is 1. The second kappa shape index (κ2) is 4.95. The third-order valence-corrected chi connectivity index (χ3v) is 4.33. The van der Waals surface area contributed by atoms with Crippen LogP contribution >= 0.6 is 11.6 Å². The maximum absolute atomic E-state index is 12.4. The maximum atomic E-state index is 12.4. The van der Waals surface area contributed by atoms with Crippen LogP contribution in [0.15, 0.2) is 23.9 Å². The molecule has 2 aliphatic rings. The Hall–Kier alpha value is -2.14. The summed E-state index contributed by atoms with van der Waals surface area (Å²) in [7, 11) is 0. The molecule has 0 saturated heterocycles. The van der Waals surface area contributed by atoms with Gasteiger partial charge in [-0.2, -0.15) is 0 Å². The van der Waals surface area contributed by atoms with Crippen LogP contribution in [0.25, 0.3) is 16.6 Å². The molecule has 1 aromatic carbocycles. The number of halogens is 1. The van der Waals surface area contributed by atoms with E-state index in [4.69, 9.17) is 21.6 Å². The Balaban J connectivity index is 2.01. The average molecular weight is 315 g/mol. The molecule has 2 aromatic rings. The van der Waals surface area contributed by atoms with Crippen LogP contribution in [0.2, 0.25) is 5.02 Å². The molecule has 6 heteroatoms. The smallest absolute Gasteiger partial charge is 0.174 e. The van der Waals surface area contributed by atoms with Gasteiger partial charge in [0.15, 0.2) is 11.6 Å². The van der Waals surface area contributed by atoms with E-state index in [1.165, 1.54) is 0 Å². The summed E-state index contributed by atoms with van der Waals surface area (Å²) in [5.74, 6) is 0.854. The van der Waals surface area contributed by atoms with Gasteiger partial charge in [0.2, 0.25) is 0 Å². The zero-order valence-corrected chi connectivity index (χ0v) is 12.9. The number of aromatic nitrogens is 2. The van der Waals surface area contributed by atoms with Gasteiger partial charge in [0.05, 0.1) is 16.6 Å². The van der Waals surface area contributed by atoms with Gasteiger partial charge in [-0.05, 0) is 38.0 Å². The molecular formula is C16H15ClN4O. The fourth-order valence-corrected chi connectivity index (χ4v) is 3.22. The first-order valence-corrected chi connectivity index (χ1v) is 7.83. The molecule has 0 amide bonds. The lowest BCUT2D eigenvalue weighted by Gasteiger charge is -2.34. The lowest BCUT2D eigenvalue weighted by Crippen LogP contribution is -2.43. The van der Waals surface area contributed by atoms with Crippen LogP contribution in [0.3, 0.4) is 0 Å². The van der Waals surface area contributed by atoms with Crippen molar-refractivity contribution >= 4 is 39.8 Å². The third-order valence-electron chi connectivity index (χ3n) is 4.10. The van der Waals surface area contributed by atoms with Crippen molar-refractivity contribution in [3.05, 3.63) is 34.6 Å². The lowest BCUT2D eigenvalue weighted by molar-refractivity contribution is -0.114. The number of nitrogens with zero attached hydrogens (tertiary/aromatic N) is 3. The van der Waals surface area contributed by atoms with Crippen molar-refractivity contribution in [2.45, 2.75) is 26.2 Å². The first kappa shape index (κ1) is 13.5. The van der Waals surface area contributed by atoms with E-state index in [1.54, 1.807) is 12.1 Å². The molecule has 0 bridgehead atoms. The molecule has 22 heavy (non-hydrogen) atoms. The van der Waals surface area contributed by atoms with Crippen molar-refractivity contribution in [3.63, 3.8) is 0 Å². The van der Waals surface area contributed by atoms with Crippen molar-refractivity contribution < 1.29 is 4.79 Å². The highest BCUT2D eigenvalue weighted by Crippen LogP contribution is 2.36. The fourth-order valence-electron chi connectivity index (χ4n) is 3.05. The summed E-state index contributed by atoms with van der Waals surface area (Å²) >= 11 is 6.05. The Bertz CT molecular complexity index is 830. The van der Waals surface area contributed by atoms with E-state index >= 15 is 0 Å². The molecule has 5 nitrogen and oxygen atoms in total. The number of allylic oxidation sites excluding steroid dienone is 2. The largest absolute Gasteiger partial charge is 0.300 e. The van der Waals surface area contributed by atoms with Gasteiger partial charge in [0.25, 0.3) is 0 Å². The van der Waals surface area contributed by atoms with E-state index in [-0.39, 0.29) is 5.78 Å². The number of benzene rings is 1. The highest BCUT2D eigenvalue weighted by Gasteiger charge is 2.32. The number of carbonyl (C=O) groups excluding carboxylic acids is 1. The SMILES string of the molecule is CCN1NC2=C(C(=O)CCC2)c2nc3cc(Cl)ccc3nc21. The lowest BCUT2D eigenvalue weighted by atomic mass is 9.91. The van der Waals surface area contributed by atoms with Crippen LogP contribution in [0.4, 0.5) is 5.82 Å². The van der Waals surface area contributed by atoms with Gasteiger partial charge in [0.1, 0.15) is 5.69 Å². The molecule has 1 aliphatic carbocycles. The summed E-state index contributed by atoms with van der Waals surface area (Å²) in [6.07, 6.45) is 2.32. The molecule has 0 fully saturated rings. The Labute approximate surface area is 133 Å². The first-order valence-electron chi connectivity index (χ1n) is 7.45. The summed E-state index contributed by atoms with van der Waals surface area (Å²) in [5, 5.41) is 2.57. The highest BCUT2D eigenvalue weighted by molar-refractivity contribution is 6.31. The van der Waals surface area contributed by atoms with E-state index < -0.39 is 0 Å². The standard InChI is InChI=1S/C16H15ClN4O/c1-2-21-16-15(14-11(20-21)4-3-5-13(14)22)18-12-8-9(17)6-7-10(12)19-16/h6-8,20H,2-5H2,1H3. The molecular weight excluding hydrogens is 300 g/mol. The molecule has 1 aromatic heterocycles. The highest BCUT2D eigenvalue weighted by atomic mass is 35.5. The summed E-state index contributed by atoms with van der Waals surface area (Å²) in [6, 6.07) is 5.44. The first-order chi connectivity index (χ1) is 10.7. The molecule has 0 radical (unpaired) electrons. The van der Waals surface area contributed by atoms with Crippen molar-refractivity contribution in [2.75, 3.05) is 11.6 Å². The Kier molecular flexibility index (Phi) is 3.04. The van der Waals surface area contributed by atoms with Crippen LogP contribution in [-0.2, 0) is 4.79 Å². The zero-order valence-electron chi connectivity index (χ0n) is 12.2. The van der Waals surface area contributed by atoms with Gasteiger partial charge in [-0.1, -0.05) is 11.6 Å². The normalized spacial score (nSPS) is 17.4. The minimum Gasteiger partial charge on any atom is -0.300 e. The molecule has 0 atom stereocenters. The Morgan fingerprint density at radius 3 is 2.95 bits per heavy atom. The molecule has 0 unspecified atom stereocenters. The van der Waals surface area contributed by atoms with E-state index in [0.717, 1.165) is 36.1 Å². The van der Waals surface area contributed by atoms with Crippen molar-refractivity contribution in [2.24, 2.45) is 0 Å². The maximum Gasteiger partial charge on any atom is 0.174 e. The molecule has 1 N–H and O–H groups in total. The topological polar surface area (TPSA) is 58.1 Å². The molecule has 1 aliphatic heterocycles. The number of hydrogen-bond acceptors (Lipinski definition) is 5. The van der Waals surface area contributed by atoms with Gasteiger partial charge in [-0.15, -0.1) is 0 Å². The minimum absolute atomic E-state index is 0.140. The predicted octanol–water partition coefficient (Wildman–Crippen LogP) is 3.09. The summed E-state index contributed by atoms with van der Waals surface area (Å²) in [5.41, 5.74) is 7.15. The van der Waals surface area contributed by atoms with Gasteiger partial charge >= 0.3 is 0 Å². The Morgan fingerprint density at radius 2 is 2.14 bits per heavy atom. The average Bonchev–Trinajstić information content (AvgIpc) is 2.52. The van der Waals surface area contributed by atoms with Crippen LogP contribution in [0, 0.1) is 0 Å². The number of hydrogen-bond donors (Lipinski definition) is 1. The van der Waals surface area contributed by atoms with Crippen LogP contribution < -0.4 is 10.4 Å². The van der Waals surface area contributed by atoms with Crippen LogP contribution in [0.5, 0.6) is 0 Å². The molecule has 112 valence electrons. The van der Waals surface area contributed by atoms with E-state index in [0.29, 0.717) is 28.5 Å². The number of ketones is 1. The zero-order chi connectivity index (χ0) is 15.3. The summed E-state index contributed by atoms with van der Waals surface area (Å²) < 4.78 is 0. The predicted molar refractivity (Wildman–Crippen MR) is 86.5 cm³/mol. The number of hydrazine groups is 1. The molecule has 4 rings (SSSR count). The number of anilines is 1.